The number of hydrogen-bond acceptors (Lipinski definition) is 2. The molecule has 1 aliphatic carbocycles. The number of rotatable bonds is 2. The molecule has 0 saturated carbocycles. The largest absolute Gasteiger partial charge is 0.459 e. The normalized spacial score (nSPS) is 21.7. The molecule has 0 bridgehead atoms. The Morgan fingerprint density at radius 3 is 2.64 bits per heavy atom. The van der Waals surface area contributed by atoms with Crippen LogP contribution < -0.4 is 0 Å². The summed E-state index contributed by atoms with van der Waals surface area (Å²) in [5.74, 6) is 0.0739. The monoisotopic (exact) mass is 194 g/mol. The van der Waals surface area contributed by atoms with Gasteiger partial charge < -0.3 is 4.74 Å². The summed E-state index contributed by atoms with van der Waals surface area (Å²) in [5.41, 5.74) is 0.874. The van der Waals surface area contributed by atoms with Gasteiger partial charge in [0.15, 0.2) is 0 Å². The molecular weight excluding hydrogens is 176 g/mol. The summed E-state index contributed by atoms with van der Waals surface area (Å²) in [7, 11) is 0. The number of carbonyl (C=O) groups is 1. The van der Waals surface area contributed by atoms with Crippen LogP contribution in [-0.4, -0.2) is 11.6 Å². The molecule has 1 aliphatic rings. The lowest BCUT2D eigenvalue weighted by atomic mass is 9.84. The van der Waals surface area contributed by atoms with E-state index in [9.17, 15) is 4.79 Å². The molecule has 0 aromatic carbocycles. The second-order valence-electron chi connectivity index (χ2n) is 4.35. The molecule has 0 spiro atoms. The van der Waals surface area contributed by atoms with Crippen LogP contribution in [0.4, 0.5) is 0 Å². The summed E-state index contributed by atoms with van der Waals surface area (Å²) in [6.07, 6.45) is 7.33. The van der Waals surface area contributed by atoms with E-state index in [0.717, 1.165) is 6.42 Å². The van der Waals surface area contributed by atoms with E-state index in [1.54, 1.807) is 0 Å². The smallest absolute Gasteiger partial charge is 0.303 e. The third-order valence-corrected chi connectivity index (χ3v) is 2.58. The van der Waals surface area contributed by atoms with Crippen molar-refractivity contribution in [2.75, 3.05) is 0 Å². The van der Waals surface area contributed by atoms with Crippen LogP contribution >= 0.6 is 0 Å². The van der Waals surface area contributed by atoms with Gasteiger partial charge in [-0.25, -0.2) is 0 Å². The SMILES string of the molecule is CC(=O)OC(C)(C)C1C=CC(C)=CC1. The highest BCUT2D eigenvalue weighted by molar-refractivity contribution is 5.66. The van der Waals surface area contributed by atoms with Crippen LogP contribution in [0.15, 0.2) is 23.8 Å². The van der Waals surface area contributed by atoms with Crippen LogP contribution in [0.5, 0.6) is 0 Å². The lowest BCUT2D eigenvalue weighted by Gasteiger charge is -2.32. The van der Waals surface area contributed by atoms with Crippen molar-refractivity contribution in [1.82, 2.24) is 0 Å². The van der Waals surface area contributed by atoms with E-state index < -0.39 is 5.60 Å². The molecule has 14 heavy (non-hydrogen) atoms. The molecule has 0 radical (unpaired) electrons. The molecule has 2 nitrogen and oxygen atoms in total. The molecule has 0 heterocycles. The highest BCUT2D eigenvalue weighted by Gasteiger charge is 2.30. The third-order valence-electron chi connectivity index (χ3n) is 2.58. The van der Waals surface area contributed by atoms with Crippen molar-refractivity contribution < 1.29 is 9.53 Å². The summed E-state index contributed by atoms with van der Waals surface area (Å²) in [6.45, 7) is 7.44. The topological polar surface area (TPSA) is 26.3 Å². The van der Waals surface area contributed by atoms with E-state index in [-0.39, 0.29) is 11.9 Å². The lowest BCUT2D eigenvalue weighted by Crippen LogP contribution is -2.35. The van der Waals surface area contributed by atoms with Gasteiger partial charge in [-0.15, -0.1) is 0 Å². The quantitative estimate of drug-likeness (QED) is 0.632. The van der Waals surface area contributed by atoms with Gasteiger partial charge in [0.25, 0.3) is 0 Å². The fourth-order valence-corrected chi connectivity index (χ4v) is 1.69. The maximum Gasteiger partial charge on any atom is 0.303 e. The van der Waals surface area contributed by atoms with Crippen LogP contribution in [0.3, 0.4) is 0 Å². The van der Waals surface area contributed by atoms with Gasteiger partial charge in [0.05, 0.1) is 0 Å². The lowest BCUT2D eigenvalue weighted by molar-refractivity contribution is -0.157. The summed E-state index contributed by atoms with van der Waals surface area (Å²) in [5, 5.41) is 0. The minimum Gasteiger partial charge on any atom is -0.459 e. The Labute approximate surface area is 85.6 Å². The number of esters is 1. The van der Waals surface area contributed by atoms with Crippen molar-refractivity contribution in [3.8, 4) is 0 Å². The van der Waals surface area contributed by atoms with E-state index >= 15 is 0 Å². The van der Waals surface area contributed by atoms with E-state index in [1.165, 1.54) is 12.5 Å². The maximum absolute atomic E-state index is 10.9. The predicted molar refractivity (Wildman–Crippen MR) is 56.8 cm³/mol. The number of carbonyl (C=O) groups excluding carboxylic acids is 1. The van der Waals surface area contributed by atoms with Crippen LogP contribution in [0.1, 0.15) is 34.1 Å². The molecule has 0 saturated heterocycles. The Bertz CT molecular complexity index is 285. The molecule has 1 atom stereocenters. The van der Waals surface area contributed by atoms with E-state index in [4.69, 9.17) is 4.74 Å². The second-order valence-corrected chi connectivity index (χ2v) is 4.35. The fourth-order valence-electron chi connectivity index (χ4n) is 1.69. The molecule has 0 aromatic rings. The molecule has 0 aromatic heterocycles. The van der Waals surface area contributed by atoms with Gasteiger partial charge in [0, 0.05) is 12.8 Å². The van der Waals surface area contributed by atoms with Gasteiger partial charge in [-0.1, -0.05) is 23.8 Å². The minimum atomic E-state index is -0.403. The van der Waals surface area contributed by atoms with Crippen LogP contribution in [0, 0.1) is 5.92 Å². The summed E-state index contributed by atoms with van der Waals surface area (Å²) in [4.78, 5) is 10.9. The van der Waals surface area contributed by atoms with Crippen LogP contribution in [0.2, 0.25) is 0 Å². The Morgan fingerprint density at radius 2 is 2.21 bits per heavy atom. The zero-order valence-corrected chi connectivity index (χ0v) is 9.33. The molecular formula is C12H18O2. The average molecular weight is 194 g/mol. The maximum atomic E-state index is 10.9. The van der Waals surface area contributed by atoms with Crippen molar-refractivity contribution in [1.29, 1.82) is 0 Å². The molecule has 0 fully saturated rings. The van der Waals surface area contributed by atoms with Gasteiger partial charge in [-0.3, -0.25) is 4.79 Å². The number of allylic oxidation sites excluding steroid dienone is 3. The molecule has 2 heteroatoms. The fraction of sp³-hybridized carbons (Fsp3) is 0.583. The Morgan fingerprint density at radius 1 is 1.57 bits per heavy atom. The van der Waals surface area contributed by atoms with Crippen molar-refractivity contribution in [2.24, 2.45) is 5.92 Å². The Hall–Kier alpha value is -1.05. The highest BCUT2D eigenvalue weighted by atomic mass is 16.6. The predicted octanol–water partition coefficient (Wildman–Crippen LogP) is 2.85. The first-order valence-electron chi connectivity index (χ1n) is 4.96. The first-order valence-corrected chi connectivity index (χ1v) is 4.96. The number of hydrogen-bond donors (Lipinski definition) is 0. The Balaban J connectivity index is 2.66. The van der Waals surface area contributed by atoms with Crippen molar-refractivity contribution in [3.05, 3.63) is 23.8 Å². The van der Waals surface area contributed by atoms with Crippen molar-refractivity contribution in [2.45, 2.75) is 39.7 Å². The molecule has 0 amide bonds. The summed E-state index contributed by atoms with van der Waals surface area (Å²) in [6, 6.07) is 0. The third kappa shape index (κ3) is 2.72. The summed E-state index contributed by atoms with van der Waals surface area (Å²) < 4.78 is 5.29. The number of ether oxygens (including phenoxy) is 1. The molecule has 1 unspecified atom stereocenters. The Kier molecular flexibility index (Phi) is 3.14. The zero-order chi connectivity index (χ0) is 10.8. The van der Waals surface area contributed by atoms with Gasteiger partial charge in [-0.2, -0.15) is 0 Å². The minimum absolute atomic E-state index is 0.213. The summed E-state index contributed by atoms with van der Waals surface area (Å²) >= 11 is 0. The first kappa shape index (κ1) is 11.0. The van der Waals surface area contributed by atoms with E-state index in [1.807, 2.05) is 13.8 Å². The second kappa shape index (κ2) is 3.99. The molecule has 0 aliphatic heterocycles. The van der Waals surface area contributed by atoms with Gasteiger partial charge in [-0.05, 0) is 27.2 Å². The van der Waals surface area contributed by atoms with Gasteiger partial charge >= 0.3 is 5.97 Å². The van der Waals surface area contributed by atoms with Gasteiger partial charge in [0.2, 0.25) is 0 Å². The molecule has 0 N–H and O–H groups in total. The van der Waals surface area contributed by atoms with E-state index in [0.29, 0.717) is 0 Å². The highest BCUT2D eigenvalue weighted by Crippen LogP contribution is 2.29. The van der Waals surface area contributed by atoms with Crippen LogP contribution in [-0.2, 0) is 9.53 Å². The van der Waals surface area contributed by atoms with Crippen LogP contribution in [0.25, 0.3) is 0 Å². The van der Waals surface area contributed by atoms with E-state index in [2.05, 4.69) is 25.2 Å². The molecule has 78 valence electrons. The van der Waals surface area contributed by atoms with Crippen molar-refractivity contribution >= 4 is 5.97 Å². The standard InChI is InChI=1S/C12H18O2/c1-9-5-7-11(8-6-9)12(3,4)14-10(2)13/h5-7,11H,8H2,1-4H3. The van der Waals surface area contributed by atoms with Gasteiger partial charge in [0.1, 0.15) is 5.60 Å². The van der Waals surface area contributed by atoms with Crippen molar-refractivity contribution in [3.63, 3.8) is 0 Å². The average Bonchev–Trinajstić information content (AvgIpc) is 2.02. The first-order chi connectivity index (χ1) is 6.42. The zero-order valence-electron chi connectivity index (χ0n) is 9.33. The molecule has 1 rings (SSSR count).